The summed E-state index contributed by atoms with van der Waals surface area (Å²) in [6, 6.07) is 15.8. The quantitative estimate of drug-likeness (QED) is 0.415. The smallest absolute Gasteiger partial charge is 0.256 e. The van der Waals surface area contributed by atoms with Crippen molar-refractivity contribution in [3.63, 3.8) is 0 Å². The first-order valence-corrected chi connectivity index (χ1v) is 8.69. The van der Waals surface area contributed by atoms with Gasteiger partial charge in [-0.25, -0.2) is 8.42 Å². The zero-order valence-corrected chi connectivity index (χ0v) is 14.2. The summed E-state index contributed by atoms with van der Waals surface area (Å²) in [6.45, 7) is 1.82. The standard InChI is InChI=1S/C11H9NO2.C7H8O3S/c13-9-4-5-11(14)10(8-9)12-6-2-1-3-7-12;1-6-2-4-7(5-3-6)11(8,9)10/h1-8H,(H-,13,14);2-5H,1H3,(H,8,9,10). The average molecular weight is 359 g/mol. The molecule has 3 rings (SSSR count). The fraction of sp³-hybridized carbons (Fsp3) is 0.0556. The van der Waals surface area contributed by atoms with E-state index in [1.807, 2.05) is 25.1 Å². The second-order valence-corrected chi connectivity index (χ2v) is 6.60. The van der Waals surface area contributed by atoms with Crippen molar-refractivity contribution >= 4 is 10.1 Å². The molecule has 0 spiro atoms. The summed E-state index contributed by atoms with van der Waals surface area (Å²) in [7, 11) is -4.27. The van der Waals surface area contributed by atoms with Crippen LogP contribution in [-0.4, -0.2) is 23.2 Å². The zero-order valence-electron chi connectivity index (χ0n) is 13.4. The lowest BCUT2D eigenvalue weighted by Gasteiger charge is -2.05. The first kappa shape index (κ1) is 18.4. The van der Waals surface area contributed by atoms with Crippen LogP contribution in [-0.2, 0) is 10.1 Å². The van der Waals surface area contributed by atoms with Gasteiger partial charge in [-0.2, -0.15) is 4.57 Å². The van der Waals surface area contributed by atoms with Gasteiger partial charge in [-0.1, -0.05) is 23.8 Å². The summed E-state index contributed by atoms with van der Waals surface area (Å²) in [6.07, 6.45) is 3.60. The molecule has 0 bridgehead atoms. The molecule has 0 saturated heterocycles. The molecule has 1 aromatic heterocycles. The highest BCUT2D eigenvalue weighted by molar-refractivity contribution is 7.85. The highest BCUT2D eigenvalue weighted by Gasteiger charge is 2.11. The molecule has 0 radical (unpaired) electrons. The van der Waals surface area contributed by atoms with Gasteiger partial charge in [0.25, 0.3) is 5.69 Å². The molecule has 0 atom stereocenters. The van der Waals surface area contributed by atoms with Gasteiger partial charge >= 0.3 is 0 Å². The van der Waals surface area contributed by atoms with E-state index >= 15 is 0 Å². The molecule has 0 saturated carbocycles. The first-order chi connectivity index (χ1) is 11.8. The maximum Gasteiger partial charge on any atom is 0.256 e. The second kappa shape index (κ2) is 7.78. The molecular weight excluding hydrogens is 342 g/mol. The van der Waals surface area contributed by atoms with E-state index in [9.17, 15) is 23.2 Å². The molecule has 3 aromatic rings. The highest BCUT2D eigenvalue weighted by atomic mass is 32.2. The van der Waals surface area contributed by atoms with Gasteiger partial charge in [0.05, 0.1) is 11.0 Å². The molecule has 2 aromatic carbocycles. The summed E-state index contributed by atoms with van der Waals surface area (Å²) >= 11 is 0. The Morgan fingerprint density at radius 1 is 0.920 bits per heavy atom. The van der Waals surface area contributed by atoms with Gasteiger partial charge in [0.15, 0.2) is 18.1 Å². The predicted octanol–water partition coefficient (Wildman–Crippen LogP) is 2.27. The van der Waals surface area contributed by atoms with Gasteiger partial charge in [0.1, 0.15) is 15.9 Å². The van der Waals surface area contributed by atoms with E-state index in [0.29, 0.717) is 5.69 Å². The summed E-state index contributed by atoms with van der Waals surface area (Å²) in [5.41, 5.74) is 1.49. The van der Waals surface area contributed by atoms with Crippen LogP contribution in [0.5, 0.6) is 11.5 Å². The summed E-state index contributed by atoms with van der Waals surface area (Å²) in [4.78, 5) is -0.178. The van der Waals surface area contributed by atoms with Crippen molar-refractivity contribution in [3.8, 4) is 17.2 Å². The van der Waals surface area contributed by atoms with E-state index in [1.54, 1.807) is 29.1 Å². The number of nitrogens with zero attached hydrogens (tertiary/aromatic N) is 1. The number of phenols is 2. The van der Waals surface area contributed by atoms with E-state index < -0.39 is 10.1 Å². The van der Waals surface area contributed by atoms with Gasteiger partial charge < -0.3 is 14.8 Å². The van der Waals surface area contributed by atoms with Gasteiger partial charge in [-0.15, -0.1) is 0 Å². The Morgan fingerprint density at radius 3 is 2.08 bits per heavy atom. The number of phenolic OH excluding ortho intramolecular Hbond substituents is 2. The fourth-order valence-corrected chi connectivity index (χ4v) is 2.45. The van der Waals surface area contributed by atoms with Crippen molar-refractivity contribution in [2.24, 2.45) is 0 Å². The molecular formula is C18H17NO5S. The molecule has 130 valence electrons. The normalized spacial score (nSPS) is 10.6. The van der Waals surface area contributed by atoms with E-state index in [-0.39, 0.29) is 16.4 Å². The van der Waals surface area contributed by atoms with Crippen LogP contribution in [0.3, 0.4) is 0 Å². The number of aryl methyl sites for hydroxylation is 1. The Kier molecular flexibility index (Phi) is 5.74. The van der Waals surface area contributed by atoms with Crippen LogP contribution in [0.15, 0.2) is 78.0 Å². The molecule has 0 aliphatic carbocycles. The van der Waals surface area contributed by atoms with E-state index in [0.717, 1.165) is 5.56 Å². The van der Waals surface area contributed by atoms with E-state index in [4.69, 9.17) is 0 Å². The van der Waals surface area contributed by atoms with Crippen molar-refractivity contribution < 1.29 is 27.8 Å². The molecule has 0 unspecified atom stereocenters. The van der Waals surface area contributed by atoms with Gasteiger partial charge in [-0.05, 0) is 31.2 Å². The molecule has 25 heavy (non-hydrogen) atoms. The van der Waals surface area contributed by atoms with Gasteiger partial charge in [-0.3, -0.25) is 0 Å². The van der Waals surface area contributed by atoms with Crippen LogP contribution in [0, 0.1) is 6.92 Å². The maximum atomic E-state index is 10.4. The number of aromatic nitrogens is 1. The van der Waals surface area contributed by atoms with Crippen molar-refractivity contribution in [2.45, 2.75) is 11.8 Å². The van der Waals surface area contributed by atoms with Crippen LogP contribution in [0.1, 0.15) is 5.56 Å². The largest absolute Gasteiger partial charge is 0.744 e. The van der Waals surface area contributed by atoms with E-state index in [1.165, 1.54) is 30.3 Å². The lowest BCUT2D eigenvalue weighted by atomic mass is 10.2. The minimum absolute atomic E-state index is 0.133. The molecule has 0 aliphatic rings. The summed E-state index contributed by atoms with van der Waals surface area (Å²) in [5.74, 6) is 0.271. The van der Waals surface area contributed by atoms with Crippen LogP contribution >= 0.6 is 0 Å². The van der Waals surface area contributed by atoms with Gasteiger partial charge in [0.2, 0.25) is 0 Å². The molecule has 0 fully saturated rings. The van der Waals surface area contributed by atoms with Crippen molar-refractivity contribution in [1.29, 1.82) is 0 Å². The van der Waals surface area contributed by atoms with E-state index in [2.05, 4.69) is 0 Å². The Morgan fingerprint density at radius 2 is 1.52 bits per heavy atom. The minimum Gasteiger partial charge on any atom is -0.744 e. The average Bonchev–Trinajstić information content (AvgIpc) is 2.58. The van der Waals surface area contributed by atoms with Crippen molar-refractivity contribution in [3.05, 3.63) is 78.6 Å². The van der Waals surface area contributed by atoms with Crippen molar-refractivity contribution in [1.82, 2.24) is 0 Å². The topological polar surface area (TPSA) is 102 Å². The third kappa shape index (κ3) is 5.30. The number of pyridine rings is 1. The first-order valence-electron chi connectivity index (χ1n) is 7.28. The number of rotatable bonds is 2. The molecule has 0 amide bonds. The monoisotopic (exact) mass is 359 g/mol. The van der Waals surface area contributed by atoms with Crippen LogP contribution < -0.4 is 4.57 Å². The molecule has 2 N–H and O–H groups in total. The third-order valence-electron chi connectivity index (χ3n) is 3.26. The van der Waals surface area contributed by atoms with Crippen LogP contribution in [0.25, 0.3) is 5.69 Å². The highest BCUT2D eigenvalue weighted by Crippen LogP contribution is 2.21. The predicted molar refractivity (Wildman–Crippen MR) is 90.4 cm³/mol. The van der Waals surface area contributed by atoms with Crippen LogP contribution in [0.2, 0.25) is 0 Å². The lowest BCUT2D eigenvalue weighted by molar-refractivity contribution is -0.596. The molecule has 0 aliphatic heterocycles. The van der Waals surface area contributed by atoms with Crippen molar-refractivity contribution in [2.75, 3.05) is 0 Å². The molecule has 7 heteroatoms. The Balaban J connectivity index is 0.000000186. The molecule has 6 nitrogen and oxygen atoms in total. The Hall–Kier alpha value is -2.90. The maximum absolute atomic E-state index is 10.4. The van der Waals surface area contributed by atoms with Gasteiger partial charge in [0, 0.05) is 12.1 Å². The number of aromatic hydroxyl groups is 2. The second-order valence-electron chi connectivity index (χ2n) is 5.22. The zero-order chi connectivity index (χ0) is 18.4. The SMILES string of the molecule is Cc1ccc(S(=O)(=O)[O-])cc1.Oc1ccc(O)c(-[n+]2ccccc2)c1. The molecule has 1 heterocycles. The number of benzene rings is 2. The summed E-state index contributed by atoms with van der Waals surface area (Å²) < 4.78 is 32.9. The summed E-state index contributed by atoms with van der Waals surface area (Å²) in [5, 5.41) is 18.8. The number of hydrogen-bond donors (Lipinski definition) is 2. The lowest BCUT2D eigenvalue weighted by Crippen LogP contribution is -2.28. The minimum atomic E-state index is -4.27. The Labute approximate surface area is 146 Å². The van der Waals surface area contributed by atoms with Crippen LogP contribution in [0.4, 0.5) is 0 Å². The third-order valence-corrected chi connectivity index (χ3v) is 4.11. The fourth-order valence-electron chi connectivity index (χ4n) is 1.98. The Bertz CT molecular complexity index is 939. The number of hydrogen-bond acceptors (Lipinski definition) is 5.